The Hall–Kier alpha value is 0.359. The third kappa shape index (κ3) is 130. The quantitative estimate of drug-likeness (QED) is 0.479. The van der Waals surface area contributed by atoms with Crippen LogP contribution in [0.5, 0.6) is 0 Å². The van der Waals surface area contributed by atoms with Crippen LogP contribution in [0.2, 0.25) is 0 Å². The second kappa shape index (κ2) is 47.7. The van der Waals surface area contributed by atoms with Gasteiger partial charge in [0.1, 0.15) is 0 Å². The summed E-state index contributed by atoms with van der Waals surface area (Å²) in [6.45, 7) is 7.75. The van der Waals surface area contributed by atoms with Gasteiger partial charge in [-0.3, -0.25) is 0 Å². The maximum Gasteiger partial charge on any atom is 0 e. The molecule has 0 aromatic heterocycles. The van der Waals surface area contributed by atoms with Gasteiger partial charge in [-0.25, -0.2) is 12.8 Å². The normalized spacial score (nSPS) is 5.45. The minimum atomic E-state index is 0. The first-order valence-electron chi connectivity index (χ1n) is 2.71. The van der Waals surface area contributed by atoms with E-state index in [1.165, 1.54) is 0 Å². The Morgan fingerprint density at radius 2 is 0.909 bits per heavy atom. The molecule has 0 saturated carbocycles. The standard InChI is InChI=1S/2C3H7N.Cu.2H2O/c2*1-2-3-4;;;/h2*4H,1-3H2;;2*1H2/q2*-2;;;. The number of rotatable bonds is 2. The second-order valence-electron chi connectivity index (χ2n) is 1.21. The monoisotopic (exact) mass is 213 g/mol. The van der Waals surface area contributed by atoms with Crippen LogP contribution in [0.25, 0.3) is 11.5 Å². The molecule has 0 saturated heterocycles. The van der Waals surface area contributed by atoms with Gasteiger partial charge in [-0.1, -0.05) is 0 Å². The third-order valence-corrected chi connectivity index (χ3v) is 0.354. The van der Waals surface area contributed by atoms with Crippen LogP contribution < -0.4 is 0 Å². The van der Waals surface area contributed by atoms with Crippen LogP contribution in [0, 0.1) is 13.8 Å². The van der Waals surface area contributed by atoms with E-state index in [0.29, 0.717) is 13.1 Å². The Bertz CT molecular complexity index is 26.5. The molecular weight excluding hydrogens is 196 g/mol. The van der Waals surface area contributed by atoms with E-state index in [1.807, 2.05) is 0 Å². The van der Waals surface area contributed by atoms with E-state index in [0.717, 1.165) is 12.8 Å². The van der Waals surface area contributed by atoms with Crippen LogP contribution >= 0.6 is 0 Å². The van der Waals surface area contributed by atoms with E-state index >= 15 is 0 Å². The third-order valence-electron chi connectivity index (χ3n) is 0.354. The molecule has 0 amide bonds. The van der Waals surface area contributed by atoms with Gasteiger partial charge >= 0.3 is 0 Å². The van der Waals surface area contributed by atoms with Crippen LogP contribution in [-0.2, 0) is 17.1 Å². The Morgan fingerprint density at radius 3 is 0.909 bits per heavy atom. The fraction of sp³-hybridized carbons (Fsp3) is 0.667. The number of hydrogen-bond donors (Lipinski definition) is 0. The summed E-state index contributed by atoms with van der Waals surface area (Å²) in [5.41, 5.74) is 12.8. The van der Waals surface area contributed by atoms with Crippen molar-refractivity contribution in [2.75, 3.05) is 13.1 Å². The first-order chi connectivity index (χ1) is 3.83. The molecule has 11 heavy (non-hydrogen) atoms. The van der Waals surface area contributed by atoms with Crippen LogP contribution in [-0.4, -0.2) is 24.0 Å². The molecule has 0 bridgehead atoms. The molecule has 0 aromatic carbocycles. The van der Waals surface area contributed by atoms with E-state index in [4.69, 9.17) is 11.5 Å². The van der Waals surface area contributed by atoms with Crippen molar-refractivity contribution in [3.63, 3.8) is 0 Å². The first-order valence-corrected chi connectivity index (χ1v) is 2.71. The molecule has 0 atom stereocenters. The van der Waals surface area contributed by atoms with Gasteiger partial charge in [0.15, 0.2) is 0 Å². The molecule has 0 aliphatic rings. The molecule has 5 heteroatoms. The van der Waals surface area contributed by atoms with Gasteiger partial charge in [0.2, 0.25) is 0 Å². The molecule has 0 aliphatic carbocycles. The summed E-state index contributed by atoms with van der Waals surface area (Å²) >= 11 is 0. The maximum atomic E-state index is 6.39. The fourth-order valence-electron chi connectivity index (χ4n) is 0. The van der Waals surface area contributed by atoms with E-state index in [2.05, 4.69) is 13.8 Å². The zero-order chi connectivity index (χ0) is 6.83. The minimum Gasteiger partial charge on any atom is -0.679 e. The van der Waals surface area contributed by atoms with Crippen molar-refractivity contribution >= 4 is 0 Å². The summed E-state index contributed by atoms with van der Waals surface area (Å²) in [7, 11) is 0. The topological polar surface area (TPSA) is 111 Å². The molecule has 0 heterocycles. The fourth-order valence-corrected chi connectivity index (χ4v) is 0. The van der Waals surface area contributed by atoms with Crippen LogP contribution in [0.1, 0.15) is 12.8 Å². The van der Waals surface area contributed by atoms with Gasteiger partial charge in [0.25, 0.3) is 0 Å². The molecule has 0 aromatic rings. The Labute approximate surface area is 79.8 Å². The van der Waals surface area contributed by atoms with Crippen molar-refractivity contribution in [3.05, 3.63) is 25.3 Å². The predicted octanol–water partition coefficient (Wildman–Crippen LogP) is 0.874. The summed E-state index contributed by atoms with van der Waals surface area (Å²) in [4.78, 5) is 0. The van der Waals surface area contributed by atoms with Crippen molar-refractivity contribution in [1.29, 1.82) is 0 Å². The Balaban J connectivity index is -0.0000000171. The molecular formula is C6H18CuN2O2-4. The summed E-state index contributed by atoms with van der Waals surface area (Å²) in [6.07, 6.45) is 1.47. The smallest absolute Gasteiger partial charge is 0 e. The van der Waals surface area contributed by atoms with Crippen LogP contribution in [0.15, 0.2) is 0 Å². The van der Waals surface area contributed by atoms with E-state index < -0.39 is 0 Å². The SMILES string of the molecule is O.O.[CH2-]CC[NH-].[CH2-]CC[NH-].[Cu]. The molecule has 79 valence electrons. The second-order valence-corrected chi connectivity index (χ2v) is 1.21. The van der Waals surface area contributed by atoms with Crippen molar-refractivity contribution in [2.24, 2.45) is 0 Å². The largest absolute Gasteiger partial charge is 0.679 e. The molecule has 6 N–H and O–H groups in total. The average Bonchev–Trinajstić information content (AvgIpc) is 1.88. The van der Waals surface area contributed by atoms with Gasteiger partial charge in [0.05, 0.1) is 0 Å². The molecule has 1 radical (unpaired) electrons. The van der Waals surface area contributed by atoms with Crippen LogP contribution in [0.4, 0.5) is 0 Å². The number of nitrogens with one attached hydrogen (secondary N) is 2. The van der Waals surface area contributed by atoms with E-state index in [1.54, 1.807) is 0 Å². The first kappa shape index (κ1) is 30.1. The minimum absolute atomic E-state index is 0. The Morgan fingerprint density at radius 1 is 0.818 bits per heavy atom. The molecule has 0 unspecified atom stereocenters. The van der Waals surface area contributed by atoms with E-state index in [9.17, 15) is 0 Å². The molecule has 0 rings (SSSR count). The zero-order valence-corrected chi connectivity index (χ0v) is 7.49. The summed E-state index contributed by atoms with van der Waals surface area (Å²) in [5, 5.41) is 0. The summed E-state index contributed by atoms with van der Waals surface area (Å²) < 4.78 is 0. The Kier molecular flexibility index (Phi) is 131. The molecule has 0 fully saturated rings. The van der Waals surface area contributed by atoms with Gasteiger partial charge in [-0.05, 0) is 0 Å². The van der Waals surface area contributed by atoms with Gasteiger partial charge in [-0.2, -0.15) is 13.1 Å². The summed E-state index contributed by atoms with van der Waals surface area (Å²) in [6, 6.07) is 0. The zero-order valence-electron chi connectivity index (χ0n) is 6.54. The van der Waals surface area contributed by atoms with Crippen molar-refractivity contribution < 1.29 is 28.0 Å². The van der Waals surface area contributed by atoms with Crippen molar-refractivity contribution in [1.82, 2.24) is 0 Å². The van der Waals surface area contributed by atoms with Crippen molar-refractivity contribution in [2.45, 2.75) is 12.8 Å². The molecule has 4 nitrogen and oxygen atoms in total. The number of hydrogen-bond acceptors (Lipinski definition) is 0. The summed E-state index contributed by atoms with van der Waals surface area (Å²) in [5.74, 6) is 0. The molecule has 0 spiro atoms. The molecule has 0 aliphatic heterocycles. The van der Waals surface area contributed by atoms with Crippen molar-refractivity contribution in [3.8, 4) is 0 Å². The van der Waals surface area contributed by atoms with Gasteiger partial charge < -0.3 is 36.3 Å². The van der Waals surface area contributed by atoms with Crippen LogP contribution in [0.3, 0.4) is 0 Å². The predicted molar refractivity (Wildman–Crippen MR) is 45.6 cm³/mol. The van der Waals surface area contributed by atoms with Gasteiger partial charge in [0, 0.05) is 17.1 Å². The average molecular weight is 214 g/mol. The van der Waals surface area contributed by atoms with E-state index in [-0.39, 0.29) is 28.0 Å². The maximum absolute atomic E-state index is 6.39. The van der Waals surface area contributed by atoms with Gasteiger partial charge in [-0.15, -0.1) is 0 Å².